The second-order valence-electron chi connectivity index (χ2n) is 7.83. The fraction of sp³-hybridized carbons (Fsp3) is 0.200. The fourth-order valence-electron chi connectivity index (χ4n) is 3.34. The molecule has 0 amide bonds. The van der Waals surface area contributed by atoms with Crippen LogP contribution in [0.1, 0.15) is 58.0 Å². The van der Waals surface area contributed by atoms with E-state index in [-0.39, 0.29) is 39.9 Å². The number of nitrogens with zero attached hydrogens (tertiary/aromatic N) is 2. The standard InChI is InChI=1S/C25H22N2O8/c1-4-15(2)22-13-21(34-24(28)17-5-9-19(10-6-17)26(30)31)14-23(16(22)3)35-25(29)18-7-11-20(12-8-18)27(32)33/h5-15H,4H2,1-3H3/t15-/m1/s1. The highest BCUT2D eigenvalue weighted by atomic mass is 16.6. The van der Waals surface area contributed by atoms with E-state index in [9.17, 15) is 29.8 Å². The van der Waals surface area contributed by atoms with Gasteiger partial charge in [0.2, 0.25) is 0 Å². The average Bonchev–Trinajstić information content (AvgIpc) is 2.85. The SMILES string of the molecule is CC[C@@H](C)c1cc(OC(=O)c2ccc([N+](=O)[O-])cc2)cc(OC(=O)c2ccc([N+](=O)[O-])cc2)c1C. The number of hydrogen-bond donors (Lipinski definition) is 0. The van der Waals surface area contributed by atoms with Crippen molar-refractivity contribution < 1.29 is 28.9 Å². The number of hydrogen-bond acceptors (Lipinski definition) is 8. The first kappa shape index (κ1) is 25.0. The van der Waals surface area contributed by atoms with Crippen molar-refractivity contribution in [1.82, 2.24) is 0 Å². The lowest BCUT2D eigenvalue weighted by molar-refractivity contribution is -0.385. The van der Waals surface area contributed by atoms with Gasteiger partial charge in [0.15, 0.2) is 0 Å². The molecule has 0 spiro atoms. The molecule has 10 heteroatoms. The van der Waals surface area contributed by atoms with Crippen LogP contribution in [0.3, 0.4) is 0 Å². The second kappa shape index (κ2) is 10.6. The Hall–Kier alpha value is -4.60. The number of carbonyl (C=O) groups is 2. The summed E-state index contributed by atoms with van der Waals surface area (Å²) in [5, 5.41) is 21.7. The third kappa shape index (κ3) is 5.85. The lowest BCUT2D eigenvalue weighted by Crippen LogP contribution is -2.12. The summed E-state index contributed by atoms with van der Waals surface area (Å²) < 4.78 is 11.0. The minimum atomic E-state index is -0.730. The van der Waals surface area contributed by atoms with Crippen molar-refractivity contribution in [3.63, 3.8) is 0 Å². The van der Waals surface area contributed by atoms with Crippen LogP contribution >= 0.6 is 0 Å². The first-order valence-electron chi connectivity index (χ1n) is 10.7. The van der Waals surface area contributed by atoms with Gasteiger partial charge < -0.3 is 9.47 Å². The summed E-state index contributed by atoms with van der Waals surface area (Å²) in [4.78, 5) is 45.8. The monoisotopic (exact) mass is 478 g/mol. The van der Waals surface area contributed by atoms with Crippen LogP contribution in [-0.2, 0) is 0 Å². The molecule has 0 N–H and O–H groups in total. The minimum Gasteiger partial charge on any atom is -0.423 e. The van der Waals surface area contributed by atoms with Gasteiger partial charge in [0.25, 0.3) is 11.4 Å². The molecule has 0 aliphatic carbocycles. The van der Waals surface area contributed by atoms with E-state index in [0.717, 1.165) is 12.0 Å². The molecule has 0 saturated heterocycles. The van der Waals surface area contributed by atoms with E-state index >= 15 is 0 Å². The Kier molecular flexibility index (Phi) is 7.55. The molecule has 0 radical (unpaired) electrons. The van der Waals surface area contributed by atoms with Crippen LogP contribution in [0.15, 0.2) is 60.7 Å². The summed E-state index contributed by atoms with van der Waals surface area (Å²) in [7, 11) is 0. The zero-order valence-electron chi connectivity index (χ0n) is 19.2. The topological polar surface area (TPSA) is 139 Å². The number of ether oxygens (including phenoxy) is 2. The van der Waals surface area contributed by atoms with Gasteiger partial charge in [-0.2, -0.15) is 0 Å². The lowest BCUT2D eigenvalue weighted by atomic mass is 9.93. The predicted molar refractivity (Wildman–Crippen MR) is 126 cm³/mol. The smallest absolute Gasteiger partial charge is 0.343 e. The summed E-state index contributed by atoms with van der Waals surface area (Å²) in [5.41, 5.74) is 1.42. The van der Waals surface area contributed by atoms with Crippen LogP contribution in [-0.4, -0.2) is 21.8 Å². The van der Waals surface area contributed by atoms with E-state index in [0.29, 0.717) is 5.56 Å². The van der Waals surface area contributed by atoms with Gasteiger partial charge in [-0.05, 0) is 60.7 Å². The fourth-order valence-corrected chi connectivity index (χ4v) is 3.34. The quantitative estimate of drug-likeness (QED) is 0.172. The Balaban J connectivity index is 1.90. The molecule has 3 aromatic rings. The van der Waals surface area contributed by atoms with E-state index in [1.54, 1.807) is 13.0 Å². The number of nitro groups is 2. The first-order valence-corrected chi connectivity index (χ1v) is 10.7. The van der Waals surface area contributed by atoms with E-state index in [4.69, 9.17) is 9.47 Å². The van der Waals surface area contributed by atoms with E-state index in [2.05, 4.69) is 0 Å². The third-order valence-electron chi connectivity index (χ3n) is 5.56. The average molecular weight is 478 g/mol. The molecule has 0 unspecified atom stereocenters. The van der Waals surface area contributed by atoms with Crippen molar-refractivity contribution in [2.24, 2.45) is 0 Å². The molecule has 0 heterocycles. The molecule has 0 saturated carbocycles. The Bertz CT molecular complexity index is 1280. The van der Waals surface area contributed by atoms with Crippen molar-refractivity contribution in [1.29, 1.82) is 0 Å². The van der Waals surface area contributed by atoms with Gasteiger partial charge in [0.05, 0.1) is 21.0 Å². The van der Waals surface area contributed by atoms with Gasteiger partial charge in [-0.25, -0.2) is 9.59 Å². The molecule has 0 aromatic heterocycles. The molecule has 180 valence electrons. The zero-order valence-corrected chi connectivity index (χ0v) is 19.2. The maximum Gasteiger partial charge on any atom is 0.343 e. The van der Waals surface area contributed by atoms with Crippen molar-refractivity contribution in [2.75, 3.05) is 0 Å². The lowest BCUT2D eigenvalue weighted by Gasteiger charge is -2.18. The summed E-state index contributed by atoms with van der Waals surface area (Å²) in [6, 6.07) is 13.1. The van der Waals surface area contributed by atoms with E-state index in [1.807, 2.05) is 13.8 Å². The molecular weight excluding hydrogens is 456 g/mol. The van der Waals surface area contributed by atoms with Crippen molar-refractivity contribution in [3.05, 3.63) is 103 Å². The summed E-state index contributed by atoms with van der Waals surface area (Å²) in [6.45, 7) is 5.75. The molecule has 3 rings (SSSR count). The Labute approximate surface area is 200 Å². The molecule has 0 aliphatic heterocycles. The number of rotatable bonds is 8. The molecule has 35 heavy (non-hydrogen) atoms. The Morgan fingerprint density at radius 3 is 1.71 bits per heavy atom. The highest BCUT2D eigenvalue weighted by Crippen LogP contribution is 2.35. The van der Waals surface area contributed by atoms with Gasteiger partial charge in [0, 0.05) is 30.3 Å². The molecule has 1 atom stereocenters. The van der Waals surface area contributed by atoms with Crippen LogP contribution in [0.2, 0.25) is 0 Å². The minimum absolute atomic E-state index is 0.0600. The summed E-state index contributed by atoms with van der Waals surface area (Å²) in [6.07, 6.45) is 0.774. The van der Waals surface area contributed by atoms with Crippen LogP contribution in [0, 0.1) is 27.2 Å². The summed E-state index contributed by atoms with van der Waals surface area (Å²) in [5.74, 6) is -1.08. The highest BCUT2D eigenvalue weighted by molar-refractivity contribution is 5.92. The Morgan fingerprint density at radius 2 is 1.29 bits per heavy atom. The Morgan fingerprint density at radius 1 is 0.829 bits per heavy atom. The molecule has 0 aliphatic rings. The molecule has 0 fully saturated rings. The number of non-ortho nitro benzene ring substituents is 2. The van der Waals surface area contributed by atoms with E-state index < -0.39 is 21.8 Å². The molecule has 10 nitrogen and oxygen atoms in total. The van der Waals surface area contributed by atoms with Crippen LogP contribution in [0.5, 0.6) is 11.5 Å². The first-order chi connectivity index (χ1) is 16.6. The largest absolute Gasteiger partial charge is 0.423 e. The van der Waals surface area contributed by atoms with Crippen molar-refractivity contribution in [3.8, 4) is 11.5 Å². The maximum atomic E-state index is 12.7. The van der Waals surface area contributed by atoms with Crippen LogP contribution < -0.4 is 9.47 Å². The third-order valence-corrected chi connectivity index (χ3v) is 5.56. The number of carbonyl (C=O) groups excluding carboxylic acids is 2. The predicted octanol–water partition coefficient (Wildman–Crippen LogP) is 5.76. The molecule has 3 aromatic carbocycles. The van der Waals surface area contributed by atoms with Crippen LogP contribution in [0.25, 0.3) is 0 Å². The number of benzene rings is 3. The van der Waals surface area contributed by atoms with Crippen molar-refractivity contribution in [2.45, 2.75) is 33.1 Å². The number of esters is 2. The maximum absolute atomic E-state index is 12.7. The van der Waals surface area contributed by atoms with Gasteiger partial charge >= 0.3 is 11.9 Å². The van der Waals surface area contributed by atoms with Gasteiger partial charge in [0.1, 0.15) is 11.5 Å². The summed E-state index contributed by atoms with van der Waals surface area (Å²) >= 11 is 0. The molecule has 0 bridgehead atoms. The van der Waals surface area contributed by atoms with Gasteiger partial charge in [-0.3, -0.25) is 20.2 Å². The van der Waals surface area contributed by atoms with Crippen molar-refractivity contribution >= 4 is 23.3 Å². The van der Waals surface area contributed by atoms with Gasteiger partial charge in [-0.15, -0.1) is 0 Å². The second-order valence-corrected chi connectivity index (χ2v) is 7.83. The van der Waals surface area contributed by atoms with Gasteiger partial charge in [-0.1, -0.05) is 13.8 Å². The van der Waals surface area contributed by atoms with E-state index in [1.165, 1.54) is 54.6 Å². The molecular formula is C25H22N2O8. The number of nitro benzene ring substituents is 2. The zero-order chi connectivity index (χ0) is 25.7. The highest BCUT2D eigenvalue weighted by Gasteiger charge is 2.20. The normalized spacial score (nSPS) is 11.4. The van der Waals surface area contributed by atoms with Crippen LogP contribution in [0.4, 0.5) is 11.4 Å².